The lowest BCUT2D eigenvalue weighted by atomic mass is 10.0. The maximum Gasteiger partial charge on any atom is 0.437 e. The van der Waals surface area contributed by atoms with E-state index in [0.29, 0.717) is 37.8 Å². The number of carbonyl (C=O) groups is 2. The van der Waals surface area contributed by atoms with Crippen molar-refractivity contribution in [2.75, 3.05) is 13.1 Å². The Morgan fingerprint density at radius 3 is 2.35 bits per heavy atom. The van der Waals surface area contributed by atoms with Crippen molar-refractivity contribution in [3.8, 4) is 22.5 Å². The molecule has 1 aromatic heterocycles. The number of aromatic nitrogens is 2. The summed E-state index contributed by atoms with van der Waals surface area (Å²) in [6, 6.07) is 26.0. The summed E-state index contributed by atoms with van der Waals surface area (Å²) in [5.74, 6) is 0.551. The fraction of sp³-hybridized carbons (Fsp3) is 0.294. The lowest BCUT2D eigenvalue weighted by Crippen LogP contribution is -2.43. The highest BCUT2D eigenvalue weighted by atomic mass is 16.6. The molecule has 1 fully saturated rings. The molecule has 12 heteroatoms. The Labute approximate surface area is 266 Å². The van der Waals surface area contributed by atoms with Gasteiger partial charge in [-0.1, -0.05) is 89.2 Å². The molecule has 2 heterocycles. The van der Waals surface area contributed by atoms with Gasteiger partial charge < -0.3 is 24.1 Å². The largest absolute Gasteiger partial charge is 0.465 e. The number of benzene rings is 3. The van der Waals surface area contributed by atoms with Gasteiger partial charge in [0, 0.05) is 18.7 Å². The van der Waals surface area contributed by atoms with Crippen LogP contribution in [-0.4, -0.2) is 62.7 Å². The topological polar surface area (TPSA) is 152 Å². The second-order valence-corrected chi connectivity index (χ2v) is 11.8. The van der Waals surface area contributed by atoms with Gasteiger partial charge in [-0.25, -0.2) is 9.59 Å². The highest BCUT2D eigenvalue weighted by Crippen LogP contribution is 2.28. The maximum absolute atomic E-state index is 12.2. The summed E-state index contributed by atoms with van der Waals surface area (Å²) < 4.78 is 10.8. The van der Waals surface area contributed by atoms with Gasteiger partial charge >= 0.3 is 12.2 Å². The first kappa shape index (κ1) is 31.9. The molecule has 12 nitrogen and oxygen atoms in total. The first-order valence-electron chi connectivity index (χ1n) is 14.9. The summed E-state index contributed by atoms with van der Waals surface area (Å²) in [6.07, 6.45) is -1.62. The Morgan fingerprint density at radius 2 is 1.67 bits per heavy atom. The van der Waals surface area contributed by atoms with Gasteiger partial charge in [0.15, 0.2) is 0 Å². The van der Waals surface area contributed by atoms with E-state index in [9.17, 15) is 14.7 Å². The zero-order valence-electron chi connectivity index (χ0n) is 26.1. The number of hydrogen-bond acceptors (Lipinski definition) is 8. The molecule has 1 aliphatic rings. The summed E-state index contributed by atoms with van der Waals surface area (Å²) in [6.45, 7) is 8.10. The molecule has 1 saturated heterocycles. The zero-order chi connectivity index (χ0) is 32.7. The van der Waals surface area contributed by atoms with Crippen molar-refractivity contribution < 1.29 is 28.8 Å². The molecule has 46 heavy (non-hydrogen) atoms. The number of amides is 2. The normalized spacial score (nSPS) is 15.5. The summed E-state index contributed by atoms with van der Waals surface area (Å²) >= 11 is 0. The average molecular weight is 625 g/mol. The van der Waals surface area contributed by atoms with Crippen LogP contribution in [0.4, 0.5) is 9.59 Å². The number of likely N-dealkylation sites (tertiary alicyclic amines) is 1. The Balaban J connectivity index is 1.17. The molecule has 0 bridgehead atoms. The molecule has 0 spiro atoms. The number of hydrogen-bond donors (Lipinski definition) is 2. The number of nitrogens with one attached hydrogen (secondary N) is 1. The molecular weight excluding hydrogens is 588 g/mol. The quantitative estimate of drug-likeness (QED) is 0.130. The minimum absolute atomic E-state index is 0.110. The van der Waals surface area contributed by atoms with E-state index in [1.165, 1.54) is 5.56 Å². The first-order chi connectivity index (χ1) is 22.0. The zero-order valence-corrected chi connectivity index (χ0v) is 26.1. The van der Waals surface area contributed by atoms with Gasteiger partial charge in [0.1, 0.15) is 12.2 Å². The van der Waals surface area contributed by atoms with Crippen molar-refractivity contribution in [2.45, 2.75) is 52.2 Å². The predicted octanol–water partition coefficient (Wildman–Crippen LogP) is 6.69. The number of oxime groups is 1. The van der Waals surface area contributed by atoms with Crippen molar-refractivity contribution in [2.24, 2.45) is 10.1 Å². The van der Waals surface area contributed by atoms with Crippen molar-refractivity contribution in [3.63, 3.8) is 0 Å². The van der Waals surface area contributed by atoms with Crippen LogP contribution in [-0.2, 0) is 16.2 Å². The number of ether oxygens (including phenoxy) is 1. The molecule has 238 valence electrons. The number of carbonyl (C=O) groups excluding carboxylic acids is 1. The molecule has 4 aromatic rings. The average Bonchev–Trinajstić information content (AvgIpc) is 3.71. The Hall–Kier alpha value is -5.52. The fourth-order valence-corrected chi connectivity index (χ4v) is 4.86. The van der Waals surface area contributed by atoms with Gasteiger partial charge in [-0.05, 0) is 56.4 Å². The second-order valence-electron chi connectivity index (χ2n) is 11.8. The van der Waals surface area contributed by atoms with Gasteiger partial charge in [-0.2, -0.15) is 4.98 Å². The standard InChI is InChI=1S/C34H36N6O6/c1-22(38-44-21-23-10-12-26(13-11-23)25-8-6-5-7-9-25)24-14-16-27(17-15-24)29-35-30(46-39-29)28-18-19-40(20-28)31(36-32(41)42)37-33(43)45-34(2,3)4/h5-17,28H,18-21H2,1-4H3,(H,41,42)(H,36,37,43)/t28-/m1/s1. The highest BCUT2D eigenvalue weighted by Gasteiger charge is 2.32. The van der Waals surface area contributed by atoms with Crippen LogP contribution in [0.15, 0.2) is 93.5 Å². The van der Waals surface area contributed by atoms with E-state index in [-0.39, 0.29) is 11.9 Å². The molecule has 3 aromatic carbocycles. The van der Waals surface area contributed by atoms with Gasteiger partial charge in [0.25, 0.3) is 0 Å². The number of carboxylic acid groups (broad SMARTS) is 1. The number of rotatable bonds is 7. The molecule has 0 aliphatic carbocycles. The third-order valence-electron chi connectivity index (χ3n) is 7.14. The van der Waals surface area contributed by atoms with E-state index in [1.54, 1.807) is 25.7 Å². The van der Waals surface area contributed by atoms with Gasteiger partial charge in [-0.3, -0.25) is 5.32 Å². The summed E-state index contributed by atoms with van der Waals surface area (Å²) in [7, 11) is 0. The van der Waals surface area contributed by atoms with Crippen LogP contribution in [0.5, 0.6) is 0 Å². The predicted molar refractivity (Wildman–Crippen MR) is 172 cm³/mol. The third-order valence-corrected chi connectivity index (χ3v) is 7.14. The van der Waals surface area contributed by atoms with E-state index in [2.05, 4.69) is 49.9 Å². The van der Waals surface area contributed by atoms with E-state index in [4.69, 9.17) is 14.1 Å². The van der Waals surface area contributed by atoms with Crippen molar-refractivity contribution >= 4 is 23.9 Å². The molecule has 0 unspecified atom stereocenters. The van der Waals surface area contributed by atoms with Crippen LogP contribution in [0.3, 0.4) is 0 Å². The van der Waals surface area contributed by atoms with Crippen LogP contribution < -0.4 is 5.32 Å². The minimum Gasteiger partial charge on any atom is -0.465 e. The van der Waals surface area contributed by atoms with E-state index in [1.807, 2.05) is 61.5 Å². The number of nitrogens with zero attached hydrogens (tertiary/aromatic N) is 5. The number of aliphatic imine (C=N–C) groups is 1. The molecule has 2 N–H and O–H groups in total. The van der Waals surface area contributed by atoms with E-state index < -0.39 is 17.8 Å². The summed E-state index contributed by atoms with van der Waals surface area (Å²) in [5.41, 5.74) is 4.95. The number of guanidine groups is 1. The van der Waals surface area contributed by atoms with Crippen LogP contribution in [0.25, 0.3) is 22.5 Å². The van der Waals surface area contributed by atoms with Crippen molar-refractivity contribution in [1.82, 2.24) is 20.4 Å². The maximum atomic E-state index is 12.2. The lowest BCUT2D eigenvalue weighted by Gasteiger charge is -2.21. The Kier molecular flexibility index (Phi) is 9.75. The van der Waals surface area contributed by atoms with Gasteiger partial charge in [-0.15, -0.1) is 4.99 Å². The SMILES string of the molecule is CC(=NOCc1ccc(-c2ccccc2)cc1)c1ccc(-c2noc([C@@H]3CCN(C(=NC(=O)OC(C)(C)C)NC(=O)O)C3)n2)cc1. The highest BCUT2D eigenvalue weighted by molar-refractivity contribution is 5.99. The van der Waals surface area contributed by atoms with Gasteiger partial charge in [0.05, 0.1) is 11.6 Å². The third kappa shape index (κ3) is 8.56. The molecule has 5 rings (SSSR count). The first-order valence-corrected chi connectivity index (χ1v) is 14.9. The van der Waals surface area contributed by atoms with E-state index in [0.717, 1.165) is 28.0 Å². The second kappa shape index (κ2) is 14.1. The van der Waals surface area contributed by atoms with Crippen molar-refractivity contribution in [1.29, 1.82) is 0 Å². The van der Waals surface area contributed by atoms with Crippen LogP contribution in [0.1, 0.15) is 57.1 Å². The molecule has 0 saturated carbocycles. The molecule has 1 atom stereocenters. The van der Waals surface area contributed by atoms with E-state index >= 15 is 0 Å². The Morgan fingerprint density at radius 1 is 1.00 bits per heavy atom. The molecule has 1 aliphatic heterocycles. The molecule has 0 radical (unpaired) electrons. The van der Waals surface area contributed by atoms with Crippen LogP contribution in [0.2, 0.25) is 0 Å². The molecule has 2 amide bonds. The Bertz CT molecular complexity index is 1710. The summed E-state index contributed by atoms with van der Waals surface area (Å²) in [5, 5.41) is 19.9. The molecular formula is C34H36N6O6. The fourth-order valence-electron chi connectivity index (χ4n) is 4.86. The minimum atomic E-state index is -1.34. The van der Waals surface area contributed by atoms with Crippen LogP contribution in [0, 0.1) is 0 Å². The summed E-state index contributed by atoms with van der Waals surface area (Å²) in [4.78, 5) is 39.3. The van der Waals surface area contributed by atoms with Crippen LogP contribution >= 0.6 is 0 Å². The smallest absolute Gasteiger partial charge is 0.437 e. The van der Waals surface area contributed by atoms with Gasteiger partial charge in [0.2, 0.25) is 17.7 Å². The lowest BCUT2D eigenvalue weighted by molar-refractivity contribution is 0.0601. The monoisotopic (exact) mass is 624 g/mol. The van der Waals surface area contributed by atoms with Crippen molar-refractivity contribution in [3.05, 3.63) is 95.9 Å².